The van der Waals surface area contributed by atoms with Gasteiger partial charge in [-0.05, 0) is 16.0 Å². The number of carboxylic acid groups (broad SMARTS) is 1. The Morgan fingerprint density at radius 1 is 1.04 bits per heavy atom. The van der Waals surface area contributed by atoms with Crippen LogP contribution in [0.2, 0.25) is 0 Å². The summed E-state index contributed by atoms with van der Waals surface area (Å²) in [6.07, 6.45) is 0. The number of nitrogens with one attached hydrogen (secondary N) is 1. The van der Waals surface area contributed by atoms with Crippen molar-refractivity contribution in [2.24, 2.45) is 12.2 Å². The standard InChI is InChI=1S/C33H28N10O5S3/c1-42-32(37-40-41-42)50-18-19-17-49-29-24(28(45)43(29)25(19)30(46)47)35-27(44)23(26-36-31(34)51-39-26)38-48-33(20-11-5-2-6-12-20,21-13-7-3-8-14-21)22-15-9-4-10-16-22/h2-16,24,29H,17-18H2,1H3,(H,35,44)(H,46,47)(H2,34,36,39)/t24?,29-/m0/s1. The molecule has 0 spiro atoms. The van der Waals surface area contributed by atoms with Crippen LogP contribution < -0.4 is 11.1 Å². The fourth-order valence-electron chi connectivity index (χ4n) is 5.81. The first kappa shape index (κ1) is 33.9. The van der Waals surface area contributed by atoms with Gasteiger partial charge < -0.3 is 21.0 Å². The third-order valence-electron chi connectivity index (χ3n) is 8.18. The number of nitrogens with zero attached hydrogens (tertiary/aromatic N) is 8. The monoisotopic (exact) mass is 740 g/mol. The Bertz CT molecular complexity index is 2050. The van der Waals surface area contributed by atoms with E-state index in [4.69, 9.17) is 10.6 Å². The number of amides is 2. The zero-order chi connectivity index (χ0) is 35.5. The molecule has 2 aliphatic heterocycles. The number of β-lactam (4-membered cyclic amide) rings is 1. The van der Waals surface area contributed by atoms with E-state index in [1.165, 1.54) is 33.1 Å². The van der Waals surface area contributed by atoms with Crippen molar-refractivity contribution < 1.29 is 24.3 Å². The van der Waals surface area contributed by atoms with Crippen LogP contribution in [0.5, 0.6) is 0 Å². The molecule has 2 amide bonds. The van der Waals surface area contributed by atoms with Gasteiger partial charge in [0.2, 0.25) is 22.3 Å². The second kappa shape index (κ2) is 14.3. The minimum absolute atomic E-state index is 0.0956. The van der Waals surface area contributed by atoms with E-state index in [2.05, 4.69) is 35.4 Å². The van der Waals surface area contributed by atoms with Crippen molar-refractivity contribution in [3.63, 3.8) is 0 Å². The van der Waals surface area contributed by atoms with Crippen molar-refractivity contribution in [3.8, 4) is 0 Å². The first-order valence-corrected chi connectivity index (χ1v) is 18.2. The van der Waals surface area contributed by atoms with Gasteiger partial charge in [-0.2, -0.15) is 9.36 Å². The number of hydrogen-bond donors (Lipinski definition) is 3. The van der Waals surface area contributed by atoms with E-state index in [-0.39, 0.29) is 28.1 Å². The number of thioether (sulfide) groups is 2. The maximum absolute atomic E-state index is 14.1. The number of carbonyl (C=O) groups excluding carboxylic acids is 2. The highest BCUT2D eigenvalue weighted by Crippen LogP contribution is 2.42. The quantitative estimate of drug-likeness (QED) is 0.0554. The molecule has 1 fully saturated rings. The van der Waals surface area contributed by atoms with E-state index in [0.717, 1.165) is 28.2 Å². The number of hydrogen-bond acceptors (Lipinski definition) is 14. The lowest BCUT2D eigenvalue weighted by Crippen LogP contribution is -2.71. The lowest BCUT2D eigenvalue weighted by atomic mass is 9.80. The molecule has 2 aliphatic rings. The van der Waals surface area contributed by atoms with Crippen LogP contribution in [0, 0.1) is 0 Å². The van der Waals surface area contributed by atoms with E-state index in [1.807, 2.05) is 91.0 Å². The Morgan fingerprint density at radius 3 is 2.16 bits per heavy atom. The van der Waals surface area contributed by atoms with E-state index in [9.17, 15) is 19.5 Å². The Balaban J connectivity index is 1.21. The summed E-state index contributed by atoms with van der Waals surface area (Å²) in [5.41, 5.74) is 6.89. The smallest absolute Gasteiger partial charge is 0.352 e. The van der Waals surface area contributed by atoms with Gasteiger partial charge in [-0.25, -0.2) is 9.48 Å². The Hall–Kier alpha value is -5.59. The van der Waals surface area contributed by atoms with Crippen molar-refractivity contribution in [1.82, 2.24) is 39.8 Å². The maximum Gasteiger partial charge on any atom is 0.352 e. The molecule has 1 unspecified atom stereocenters. The molecule has 4 heterocycles. The molecule has 0 bridgehead atoms. The fraction of sp³-hybridized carbons (Fsp3) is 0.182. The summed E-state index contributed by atoms with van der Waals surface area (Å²) in [5, 5.41) is 28.5. The molecule has 2 atom stereocenters. The number of anilines is 1. The number of carbonyl (C=O) groups is 3. The lowest BCUT2D eigenvalue weighted by Gasteiger charge is -2.49. The number of nitrogens with two attached hydrogens (primary N) is 1. The predicted molar refractivity (Wildman–Crippen MR) is 190 cm³/mol. The van der Waals surface area contributed by atoms with Gasteiger partial charge in [0.05, 0.1) is 0 Å². The van der Waals surface area contributed by atoms with Gasteiger partial charge in [0.1, 0.15) is 17.1 Å². The van der Waals surface area contributed by atoms with E-state index in [1.54, 1.807) is 7.05 Å². The van der Waals surface area contributed by atoms with E-state index < -0.39 is 34.8 Å². The number of nitrogen functional groups attached to an aromatic ring is 1. The van der Waals surface area contributed by atoms with Gasteiger partial charge in [-0.15, -0.1) is 16.9 Å². The van der Waals surface area contributed by atoms with Crippen molar-refractivity contribution in [2.45, 2.75) is 22.2 Å². The number of benzene rings is 3. The van der Waals surface area contributed by atoms with Crippen LogP contribution in [0.3, 0.4) is 0 Å². The average molecular weight is 741 g/mol. The minimum atomic E-state index is -1.32. The number of tetrazole rings is 1. The van der Waals surface area contributed by atoms with Crippen LogP contribution >= 0.6 is 35.1 Å². The van der Waals surface area contributed by atoms with Gasteiger partial charge in [0.15, 0.2) is 5.13 Å². The summed E-state index contributed by atoms with van der Waals surface area (Å²) >= 11 is 3.47. The number of aliphatic carboxylic acids is 1. The summed E-state index contributed by atoms with van der Waals surface area (Å²) in [7, 11) is 1.68. The molecule has 7 rings (SSSR count). The zero-order valence-corrected chi connectivity index (χ0v) is 29.1. The largest absolute Gasteiger partial charge is 0.477 e. The summed E-state index contributed by atoms with van der Waals surface area (Å²) in [5.74, 6) is -2.16. The van der Waals surface area contributed by atoms with Crippen LogP contribution in [-0.2, 0) is 31.9 Å². The summed E-state index contributed by atoms with van der Waals surface area (Å²) in [6, 6.07) is 27.3. The molecule has 1 saturated heterocycles. The van der Waals surface area contributed by atoms with Gasteiger partial charge in [-0.1, -0.05) is 108 Å². The lowest BCUT2D eigenvalue weighted by molar-refractivity contribution is -0.150. The van der Waals surface area contributed by atoms with Crippen LogP contribution in [-0.4, -0.2) is 86.0 Å². The molecule has 51 heavy (non-hydrogen) atoms. The molecule has 2 aromatic heterocycles. The highest BCUT2D eigenvalue weighted by atomic mass is 32.2. The second-order valence-electron chi connectivity index (χ2n) is 11.3. The number of aryl methyl sites for hydroxylation is 1. The van der Waals surface area contributed by atoms with Crippen LogP contribution in [0.15, 0.2) is 113 Å². The minimum Gasteiger partial charge on any atom is -0.477 e. The summed E-state index contributed by atoms with van der Waals surface area (Å²) < 4.78 is 5.71. The molecule has 0 aliphatic carbocycles. The van der Waals surface area contributed by atoms with Crippen LogP contribution in [0.4, 0.5) is 5.13 Å². The predicted octanol–water partition coefficient (Wildman–Crippen LogP) is 2.89. The molecule has 3 aromatic carbocycles. The normalized spacial score (nSPS) is 17.5. The summed E-state index contributed by atoms with van der Waals surface area (Å²) in [4.78, 5) is 52.0. The first-order valence-electron chi connectivity index (χ1n) is 15.4. The molecule has 4 N–H and O–H groups in total. The second-order valence-corrected chi connectivity index (χ2v) is 14.1. The number of oxime groups is 1. The van der Waals surface area contributed by atoms with Gasteiger partial charge >= 0.3 is 5.97 Å². The molecule has 18 heteroatoms. The Labute approximate surface area is 303 Å². The van der Waals surface area contributed by atoms with Crippen molar-refractivity contribution in [3.05, 3.63) is 125 Å². The van der Waals surface area contributed by atoms with Crippen molar-refractivity contribution in [2.75, 3.05) is 17.2 Å². The molecule has 0 saturated carbocycles. The highest BCUT2D eigenvalue weighted by molar-refractivity contribution is 8.01. The maximum atomic E-state index is 14.1. The van der Waals surface area contributed by atoms with Crippen molar-refractivity contribution >= 4 is 63.7 Å². The topological polar surface area (TPSA) is 204 Å². The SMILES string of the molecule is Cn1nnnc1SCC1=C(C(=O)O)N2C(=O)C(NC(=O)C(=NOC(c3ccccc3)(c3ccccc3)c3ccccc3)c3nsc(N)n3)[C@@H]2SC1. The molecule has 258 valence electrons. The van der Waals surface area contributed by atoms with Gasteiger partial charge in [0, 0.05) is 46.8 Å². The average Bonchev–Trinajstić information content (AvgIpc) is 3.78. The molecule has 0 radical (unpaired) electrons. The molecule has 15 nitrogen and oxygen atoms in total. The number of carboxylic acids is 1. The Kier molecular flexibility index (Phi) is 9.52. The molecular weight excluding hydrogens is 713 g/mol. The third-order valence-corrected chi connectivity index (χ3v) is 11.2. The zero-order valence-electron chi connectivity index (χ0n) is 26.7. The molecule has 5 aromatic rings. The Morgan fingerprint density at radius 2 is 1.65 bits per heavy atom. The van der Waals surface area contributed by atoms with Gasteiger partial charge in [0.25, 0.3) is 11.8 Å². The van der Waals surface area contributed by atoms with E-state index in [0.29, 0.717) is 16.5 Å². The highest BCUT2D eigenvalue weighted by Gasteiger charge is 2.54. The number of fused-ring (bicyclic) bond motifs is 1. The number of rotatable bonds is 12. The molecular formula is C33H28N10O5S3. The van der Waals surface area contributed by atoms with Crippen molar-refractivity contribution in [1.29, 1.82) is 0 Å². The third kappa shape index (κ3) is 6.44. The van der Waals surface area contributed by atoms with Crippen LogP contribution in [0.1, 0.15) is 22.5 Å². The fourth-order valence-corrected chi connectivity index (χ4v) is 8.57. The van der Waals surface area contributed by atoms with Gasteiger partial charge in [-0.3, -0.25) is 14.5 Å². The summed E-state index contributed by atoms with van der Waals surface area (Å²) in [6.45, 7) is 0. The van der Waals surface area contributed by atoms with E-state index >= 15 is 0 Å². The van der Waals surface area contributed by atoms with Crippen LogP contribution in [0.25, 0.3) is 0 Å². The first-order chi connectivity index (χ1) is 24.8. The number of aromatic nitrogens is 6.